The first-order chi connectivity index (χ1) is 12.1. The highest BCUT2D eigenvalue weighted by Crippen LogP contribution is 2.28. The molecule has 2 heterocycles. The first-order valence-corrected chi connectivity index (χ1v) is 9.30. The molecule has 1 aliphatic heterocycles. The van der Waals surface area contributed by atoms with Gasteiger partial charge < -0.3 is 9.84 Å². The second kappa shape index (κ2) is 8.58. The van der Waals surface area contributed by atoms with E-state index in [9.17, 15) is 4.79 Å². The zero-order valence-electron chi connectivity index (χ0n) is 14.4. The summed E-state index contributed by atoms with van der Waals surface area (Å²) in [5.74, 6) is -0.804. The third-order valence-corrected chi connectivity index (χ3v) is 5.36. The Hall–Kier alpha value is -1.73. The molecule has 0 aliphatic carbocycles. The molecular weight excluding hydrogens is 336 g/mol. The molecule has 0 radical (unpaired) electrons. The Kier molecular flexibility index (Phi) is 6.20. The number of nitrogens with zero attached hydrogens (tertiary/aromatic N) is 2. The maximum Gasteiger partial charge on any atom is 0.317 e. The normalized spacial score (nSPS) is 18.6. The summed E-state index contributed by atoms with van der Waals surface area (Å²) in [7, 11) is 1.82. The minimum absolute atomic E-state index is 0.0468. The van der Waals surface area contributed by atoms with Crippen molar-refractivity contribution in [2.24, 2.45) is 0 Å². The van der Waals surface area contributed by atoms with E-state index < -0.39 is 5.97 Å². The molecule has 1 N–H and O–H groups in total. The smallest absolute Gasteiger partial charge is 0.317 e. The predicted octanol–water partition coefficient (Wildman–Crippen LogP) is 2.63. The molecule has 0 saturated carbocycles. The number of aliphatic carboxylic acids is 1. The van der Waals surface area contributed by atoms with Crippen LogP contribution in [0.1, 0.15) is 4.88 Å². The van der Waals surface area contributed by atoms with Crippen LogP contribution in [0.3, 0.4) is 0 Å². The number of ether oxygens (including phenoxy) is 1. The fourth-order valence-corrected chi connectivity index (χ4v) is 4.17. The molecular formula is C19H24N2O3S. The Morgan fingerprint density at radius 1 is 1.32 bits per heavy atom. The van der Waals surface area contributed by atoms with Gasteiger partial charge in [-0.1, -0.05) is 30.3 Å². The molecule has 1 aliphatic rings. The van der Waals surface area contributed by atoms with Crippen LogP contribution >= 0.6 is 11.3 Å². The van der Waals surface area contributed by atoms with E-state index in [4.69, 9.17) is 9.84 Å². The highest BCUT2D eigenvalue weighted by molar-refractivity contribution is 7.15. The molecule has 0 amide bonds. The summed E-state index contributed by atoms with van der Waals surface area (Å²) in [5, 5.41) is 8.86. The van der Waals surface area contributed by atoms with E-state index in [0.717, 1.165) is 19.6 Å². The number of carbonyl (C=O) groups is 1. The van der Waals surface area contributed by atoms with Gasteiger partial charge in [-0.3, -0.25) is 14.6 Å². The molecule has 6 heteroatoms. The van der Waals surface area contributed by atoms with Crippen molar-refractivity contribution in [1.82, 2.24) is 9.80 Å². The van der Waals surface area contributed by atoms with Crippen LogP contribution in [0, 0.1) is 0 Å². The summed E-state index contributed by atoms with van der Waals surface area (Å²) >= 11 is 1.83. The number of thiophene rings is 1. The molecule has 1 atom stereocenters. The standard InChI is InChI=1S/C19H24N2O3S/c1-20(14-19(22)23)11-16-12-21(9-10-24-16)13-17-7-8-18(25-17)15-5-3-2-4-6-15/h2-8,16H,9-14H2,1H3,(H,22,23). The third kappa shape index (κ3) is 5.37. The summed E-state index contributed by atoms with van der Waals surface area (Å²) < 4.78 is 5.80. The number of rotatable bonds is 7. The second-order valence-corrected chi connectivity index (χ2v) is 7.62. The molecule has 0 spiro atoms. The Morgan fingerprint density at radius 2 is 2.12 bits per heavy atom. The van der Waals surface area contributed by atoms with Crippen LogP contribution < -0.4 is 0 Å². The van der Waals surface area contributed by atoms with E-state index >= 15 is 0 Å². The molecule has 1 unspecified atom stereocenters. The number of morpholine rings is 1. The van der Waals surface area contributed by atoms with Crippen LogP contribution in [-0.4, -0.2) is 66.8 Å². The van der Waals surface area contributed by atoms with Gasteiger partial charge in [0.25, 0.3) is 0 Å². The number of benzene rings is 1. The van der Waals surface area contributed by atoms with Crippen molar-refractivity contribution < 1.29 is 14.6 Å². The van der Waals surface area contributed by atoms with Gasteiger partial charge in [0.15, 0.2) is 0 Å². The average molecular weight is 360 g/mol. The van der Waals surface area contributed by atoms with Gasteiger partial charge >= 0.3 is 5.97 Å². The molecule has 1 fully saturated rings. The second-order valence-electron chi connectivity index (χ2n) is 6.45. The van der Waals surface area contributed by atoms with Crippen molar-refractivity contribution in [1.29, 1.82) is 0 Å². The van der Waals surface area contributed by atoms with E-state index in [0.29, 0.717) is 13.2 Å². The lowest BCUT2D eigenvalue weighted by Crippen LogP contribution is -2.47. The zero-order valence-corrected chi connectivity index (χ0v) is 15.2. The van der Waals surface area contributed by atoms with Crippen LogP contribution in [0.5, 0.6) is 0 Å². The number of hydrogen-bond donors (Lipinski definition) is 1. The van der Waals surface area contributed by atoms with E-state index in [1.165, 1.54) is 15.3 Å². The molecule has 25 heavy (non-hydrogen) atoms. The van der Waals surface area contributed by atoms with E-state index in [1.807, 2.05) is 24.5 Å². The van der Waals surface area contributed by atoms with Gasteiger partial charge in [0, 0.05) is 35.9 Å². The first kappa shape index (κ1) is 18.1. The van der Waals surface area contributed by atoms with Crippen LogP contribution in [0.2, 0.25) is 0 Å². The van der Waals surface area contributed by atoms with E-state index in [1.54, 1.807) is 4.90 Å². The third-order valence-electron chi connectivity index (χ3n) is 4.24. The SMILES string of the molecule is CN(CC(=O)O)CC1CN(Cc2ccc(-c3ccccc3)s2)CCO1. The largest absolute Gasteiger partial charge is 0.480 e. The highest BCUT2D eigenvalue weighted by Gasteiger charge is 2.22. The molecule has 5 nitrogen and oxygen atoms in total. The van der Waals surface area contributed by atoms with Crippen molar-refractivity contribution in [2.45, 2.75) is 12.6 Å². The summed E-state index contributed by atoms with van der Waals surface area (Å²) in [6, 6.07) is 14.8. The fourth-order valence-electron chi connectivity index (χ4n) is 3.12. The van der Waals surface area contributed by atoms with Crippen LogP contribution in [-0.2, 0) is 16.1 Å². The monoisotopic (exact) mass is 360 g/mol. The van der Waals surface area contributed by atoms with Gasteiger partial charge in [0.05, 0.1) is 19.3 Å². The zero-order chi connectivity index (χ0) is 17.6. The first-order valence-electron chi connectivity index (χ1n) is 8.48. The van der Waals surface area contributed by atoms with Crippen LogP contribution in [0.4, 0.5) is 0 Å². The molecule has 134 valence electrons. The number of carboxylic acids is 1. The van der Waals surface area contributed by atoms with Crippen molar-refractivity contribution in [3.8, 4) is 10.4 Å². The molecule has 1 saturated heterocycles. The molecule has 3 rings (SSSR count). The predicted molar refractivity (Wildman–Crippen MR) is 99.9 cm³/mol. The lowest BCUT2D eigenvalue weighted by molar-refractivity contribution is -0.138. The number of hydrogen-bond acceptors (Lipinski definition) is 5. The van der Waals surface area contributed by atoms with Gasteiger partial charge in [-0.2, -0.15) is 0 Å². The molecule has 1 aromatic heterocycles. The van der Waals surface area contributed by atoms with Crippen LogP contribution in [0.15, 0.2) is 42.5 Å². The molecule has 1 aromatic carbocycles. The summed E-state index contributed by atoms with van der Waals surface area (Å²) in [4.78, 5) is 17.6. The lowest BCUT2D eigenvalue weighted by Gasteiger charge is -2.34. The van der Waals surface area contributed by atoms with Gasteiger partial charge in [0.1, 0.15) is 0 Å². The lowest BCUT2D eigenvalue weighted by atomic mass is 10.2. The maximum absolute atomic E-state index is 10.8. The maximum atomic E-state index is 10.8. The highest BCUT2D eigenvalue weighted by atomic mass is 32.1. The van der Waals surface area contributed by atoms with Crippen LogP contribution in [0.25, 0.3) is 10.4 Å². The summed E-state index contributed by atoms with van der Waals surface area (Å²) in [5.41, 5.74) is 1.26. The Morgan fingerprint density at radius 3 is 2.88 bits per heavy atom. The molecule has 0 bridgehead atoms. The van der Waals surface area contributed by atoms with Crippen molar-refractivity contribution in [3.05, 3.63) is 47.3 Å². The van der Waals surface area contributed by atoms with Crippen molar-refractivity contribution in [2.75, 3.05) is 39.8 Å². The van der Waals surface area contributed by atoms with Gasteiger partial charge in [-0.15, -0.1) is 11.3 Å². The quantitative estimate of drug-likeness (QED) is 0.823. The number of likely N-dealkylation sites (N-methyl/N-ethyl adjacent to an activating group) is 1. The Balaban J connectivity index is 1.54. The van der Waals surface area contributed by atoms with Gasteiger partial charge in [-0.25, -0.2) is 0 Å². The topological polar surface area (TPSA) is 53.0 Å². The Bertz CT molecular complexity index is 689. The van der Waals surface area contributed by atoms with E-state index in [2.05, 4.69) is 41.3 Å². The summed E-state index contributed by atoms with van der Waals surface area (Å²) in [6.45, 7) is 4.05. The minimum atomic E-state index is -0.804. The summed E-state index contributed by atoms with van der Waals surface area (Å²) in [6.07, 6.45) is 0.0617. The fraction of sp³-hybridized carbons (Fsp3) is 0.421. The molecule has 2 aromatic rings. The minimum Gasteiger partial charge on any atom is -0.480 e. The van der Waals surface area contributed by atoms with E-state index in [-0.39, 0.29) is 12.6 Å². The van der Waals surface area contributed by atoms with Gasteiger partial charge in [0.2, 0.25) is 0 Å². The van der Waals surface area contributed by atoms with Crippen molar-refractivity contribution >= 4 is 17.3 Å². The Labute approximate surface area is 152 Å². The average Bonchev–Trinajstić information content (AvgIpc) is 3.03. The number of carboxylic acid groups (broad SMARTS) is 1. The van der Waals surface area contributed by atoms with Crippen molar-refractivity contribution in [3.63, 3.8) is 0 Å². The van der Waals surface area contributed by atoms with Gasteiger partial charge in [-0.05, 0) is 24.7 Å².